The molecule has 2 N–H and O–H groups in total. The van der Waals surface area contributed by atoms with Crippen molar-refractivity contribution >= 4 is 11.8 Å². The fourth-order valence-electron chi connectivity index (χ4n) is 2.06. The maximum atomic E-state index is 13.9. The van der Waals surface area contributed by atoms with E-state index in [4.69, 9.17) is 5.11 Å². The number of benzene rings is 1. The molecule has 0 spiro atoms. The first-order chi connectivity index (χ1) is 10.1. The molecule has 1 aromatic rings. The highest BCUT2D eigenvalue weighted by molar-refractivity contribution is 5.97. The van der Waals surface area contributed by atoms with Gasteiger partial charge in [0.05, 0.1) is 12.1 Å². The highest BCUT2D eigenvalue weighted by Crippen LogP contribution is 2.14. The van der Waals surface area contributed by atoms with Crippen LogP contribution in [-0.2, 0) is 4.79 Å². The Labute approximate surface area is 121 Å². The lowest BCUT2D eigenvalue weighted by Crippen LogP contribution is -2.37. The zero-order valence-electron chi connectivity index (χ0n) is 11.4. The van der Waals surface area contributed by atoms with Gasteiger partial charge in [-0.15, -0.1) is 0 Å². The summed E-state index contributed by atoms with van der Waals surface area (Å²) in [6, 6.07) is 3.93. The average molecular weight is 290 g/mol. The molecule has 1 saturated heterocycles. The average Bonchev–Trinajstić information content (AvgIpc) is 2.70. The van der Waals surface area contributed by atoms with E-state index in [2.05, 4.69) is 17.2 Å². The quantitative estimate of drug-likeness (QED) is 0.722. The van der Waals surface area contributed by atoms with E-state index >= 15 is 0 Å². The number of nitrogens with one attached hydrogen (secondary N) is 1. The molecule has 0 bridgehead atoms. The molecule has 1 heterocycles. The van der Waals surface area contributed by atoms with Crippen LogP contribution in [0.15, 0.2) is 18.2 Å². The molecule has 0 atom stereocenters. The van der Waals surface area contributed by atoms with Gasteiger partial charge in [0, 0.05) is 18.7 Å². The molecule has 0 unspecified atom stereocenters. The Hall–Kier alpha value is -2.39. The lowest BCUT2D eigenvalue weighted by Gasteiger charge is -2.19. The fraction of sp³-hybridized carbons (Fsp3) is 0.333. The molecule has 1 aliphatic rings. The zero-order chi connectivity index (χ0) is 15.2. The number of aliphatic hydroxyl groups is 1. The summed E-state index contributed by atoms with van der Waals surface area (Å²) in [6.45, 7) is 0.508. The van der Waals surface area contributed by atoms with Crippen molar-refractivity contribution in [3.63, 3.8) is 0 Å². The van der Waals surface area contributed by atoms with Gasteiger partial charge in [-0.3, -0.25) is 9.59 Å². The molecule has 5 nitrogen and oxygen atoms in total. The van der Waals surface area contributed by atoms with Crippen LogP contribution in [0.2, 0.25) is 0 Å². The summed E-state index contributed by atoms with van der Waals surface area (Å²) in [4.78, 5) is 25.2. The number of carbonyl (C=O) groups is 2. The second kappa shape index (κ2) is 6.86. The van der Waals surface area contributed by atoms with Crippen LogP contribution < -0.4 is 5.32 Å². The minimum atomic E-state index is -0.654. The number of hydrogen-bond donors (Lipinski definition) is 2. The van der Waals surface area contributed by atoms with E-state index in [1.807, 2.05) is 0 Å². The minimum Gasteiger partial charge on any atom is -0.384 e. The molecule has 0 radical (unpaired) electrons. The maximum absolute atomic E-state index is 13.9. The Kier molecular flexibility index (Phi) is 4.90. The first-order valence-electron chi connectivity index (χ1n) is 6.57. The van der Waals surface area contributed by atoms with Crippen molar-refractivity contribution in [1.29, 1.82) is 0 Å². The third-order valence-electron chi connectivity index (χ3n) is 3.06. The van der Waals surface area contributed by atoms with Gasteiger partial charge in [-0.25, -0.2) is 4.39 Å². The van der Waals surface area contributed by atoms with Gasteiger partial charge in [-0.2, -0.15) is 0 Å². The summed E-state index contributed by atoms with van der Waals surface area (Å²) in [5, 5.41) is 11.3. The third kappa shape index (κ3) is 3.80. The summed E-state index contributed by atoms with van der Waals surface area (Å²) in [7, 11) is 0. The molecule has 110 valence electrons. The van der Waals surface area contributed by atoms with Crippen LogP contribution in [0.3, 0.4) is 0 Å². The highest BCUT2D eigenvalue weighted by Gasteiger charge is 2.23. The number of rotatable bonds is 1. The van der Waals surface area contributed by atoms with Crippen LogP contribution in [0, 0.1) is 17.7 Å². The van der Waals surface area contributed by atoms with E-state index in [0.717, 1.165) is 6.07 Å². The van der Waals surface area contributed by atoms with Crippen LogP contribution in [0.5, 0.6) is 0 Å². The van der Waals surface area contributed by atoms with Gasteiger partial charge in [0.2, 0.25) is 5.91 Å². The summed E-state index contributed by atoms with van der Waals surface area (Å²) >= 11 is 0. The van der Waals surface area contributed by atoms with Gasteiger partial charge < -0.3 is 15.3 Å². The normalized spacial score (nSPS) is 14.8. The topological polar surface area (TPSA) is 69.6 Å². The number of carbonyl (C=O) groups excluding carboxylic acids is 2. The molecule has 1 aliphatic heterocycles. The van der Waals surface area contributed by atoms with E-state index in [-0.39, 0.29) is 24.6 Å². The smallest absolute Gasteiger partial charge is 0.257 e. The van der Waals surface area contributed by atoms with E-state index in [9.17, 15) is 14.0 Å². The Bertz CT molecular complexity index is 619. The van der Waals surface area contributed by atoms with Crippen molar-refractivity contribution in [3.05, 3.63) is 35.1 Å². The van der Waals surface area contributed by atoms with Crippen molar-refractivity contribution in [2.24, 2.45) is 0 Å². The fourth-order valence-corrected chi connectivity index (χ4v) is 2.06. The number of halogens is 1. The second-order valence-corrected chi connectivity index (χ2v) is 4.58. The highest BCUT2D eigenvalue weighted by atomic mass is 19.1. The largest absolute Gasteiger partial charge is 0.384 e. The second-order valence-electron chi connectivity index (χ2n) is 4.58. The summed E-state index contributed by atoms with van der Waals surface area (Å²) < 4.78 is 13.9. The van der Waals surface area contributed by atoms with Gasteiger partial charge in [0.1, 0.15) is 12.4 Å². The number of aliphatic hydroxyl groups excluding tert-OH is 1. The molecule has 0 aromatic heterocycles. The van der Waals surface area contributed by atoms with Gasteiger partial charge >= 0.3 is 0 Å². The number of amides is 2. The lowest BCUT2D eigenvalue weighted by atomic mass is 10.1. The monoisotopic (exact) mass is 290 g/mol. The summed E-state index contributed by atoms with van der Waals surface area (Å²) in [5.74, 6) is 3.63. The van der Waals surface area contributed by atoms with Crippen LogP contribution in [0.25, 0.3) is 0 Å². The molecule has 1 fully saturated rings. The van der Waals surface area contributed by atoms with Crippen LogP contribution >= 0.6 is 0 Å². The first-order valence-corrected chi connectivity index (χ1v) is 6.57. The molecule has 6 heteroatoms. The molecule has 0 aliphatic carbocycles. The number of hydrogen-bond acceptors (Lipinski definition) is 3. The van der Waals surface area contributed by atoms with Gasteiger partial charge in [-0.1, -0.05) is 11.8 Å². The summed E-state index contributed by atoms with van der Waals surface area (Å²) in [5.41, 5.74) is 0.322. The summed E-state index contributed by atoms with van der Waals surface area (Å²) in [6.07, 6.45) is 0.628. The minimum absolute atomic E-state index is 0.0786. The molecular formula is C15H15FN2O3. The Balaban J connectivity index is 2.26. The predicted molar refractivity (Wildman–Crippen MR) is 73.9 cm³/mol. The Morgan fingerprint density at radius 3 is 3.05 bits per heavy atom. The van der Waals surface area contributed by atoms with Gasteiger partial charge in [-0.05, 0) is 24.6 Å². The standard InChI is InChI=1S/C15H15FN2O3/c16-13-5-4-11(3-1-8-19)9-12(13)15(21)18-7-2-6-17-14(20)10-18/h4-5,9,19H,2,6-8,10H2,(H,17,20). The van der Waals surface area contributed by atoms with Crippen molar-refractivity contribution in [1.82, 2.24) is 10.2 Å². The number of nitrogens with zero attached hydrogens (tertiary/aromatic N) is 1. The molecule has 0 saturated carbocycles. The van der Waals surface area contributed by atoms with Gasteiger partial charge in [0.15, 0.2) is 0 Å². The lowest BCUT2D eigenvalue weighted by molar-refractivity contribution is -0.121. The molecule has 21 heavy (non-hydrogen) atoms. The van der Waals surface area contributed by atoms with Gasteiger partial charge in [0.25, 0.3) is 5.91 Å². The molecular weight excluding hydrogens is 275 g/mol. The van der Waals surface area contributed by atoms with Crippen LogP contribution in [0.4, 0.5) is 4.39 Å². The Morgan fingerprint density at radius 2 is 2.29 bits per heavy atom. The van der Waals surface area contributed by atoms with Crippen molar-refractivity contribution in [2.45, 2.75) is 6.42 Å². The van der Waals surface area contributed by atoms with E-state index in [0.29, 0.717) is 25.1 Å². The maximum Gasteiger partial charge on any atom is 0.257 e. The Morgan fingerprint density at radius 1 is 1.48 bits per heavy atom. The van der Waals surface area contributed by atoms with E-state index in [1.54, 1.807) is 0 Å². The van der Waals surface area contributed by atoms with Crippen molar-refractivity contribution < 1.29 is 19.1 Å². The third-order valence-corrected chi connectivity index (χ3v) is 3.06. The molecule has 1 aromatic carbocycles. The molecule has 2 amide bonds. The van der Waals surface area contributed by atoms with E-state index < -0.39 is 11.7 Å². The van der Waals surface area contributed by atoms with Crippen LogP contribution in [0.1, 0.15) is 22.3 Å². The predicted octanol–water partition coefficient (Wildman–Crippen LogP) is 0.132. The van der Waals surface area contributed by atoms with E-state index in [1.165, 1.54) is 17.0 Å². The first kappa shape index (κ1) is 15.0. The zero-order valence-corrected chi connectivity index (χ0v) is 11.4. The SMILES string of the molecule is O=C1CN(C(=O)c2cc(C#CCO)ccc2F)CCCN1. The van der Waals surface area contributed by atoms with Crippen LogP contribution in [-0.4, -0.2) is 48.1 Å². The van der Waals surface area contributed by atoms with Crippen molar-refractivity contribution in [3.8, 4) is 11.8 Å². The van der Waals surface area contributed by atoms with Crippen molar-refractivity contribution in [2.75, 3.05) is 26.2 Å². The molecule has 2 rings (SSSR count).